The molecule has 2 aromatic rings. The minimum absolute atomic E-state index is 0.00633. The Morgan fingerprint density at radius 1 is 0.579 bits per heavy atom. The number of fused-ring (bicyclic) bond motifs is 2. The topological polar surface area (TPSA) is 206 Å². The van der Waals surface area contributed by atoms with Crippen LogP contribution in [0.1, 0.15) is 176 Å². The average molecular weight is 1060 g/mol. The SMILES string of the molecule is CCCC(CC(N)=O)C(=O)NC(Cc1ccccc1)C(O)CN1CC2CCCCC2CC1C(=O)NC(C)(C)C.CCCC(CC)C(=O)NC(Cc1ccccc1)C(O)CN1CC2CCCCC2CC1C(=O)NC(C)(C)C. The third-order valence-corrected chi connectivity index (χ3v) is 16.6. The summed E-state index contributed by atoms with van der Waals surface area (Å²) in [6.45, 7) is 20.4. The lowest BCUT2D eigenvalue weighted by molar-refractivity contribution is -0.134. The van der Waals surface area contributed by atoms with Gasteiger partial charge >= 0.3 is 0 Å². The fourth-order valence-electron chi connectivity index (χ4n) is 12.7. The summed E-state index contributed by atoms with van der Waals surface area (Å²) in [5.41, 5.74) is 6.86. The van der Waals surface area contributed by atoms with Gasteiger partial charge in [-0.3, -0.25) is 33.8 Å². The van der Waals surface area contributed by atoms with Gasteiger partial charge in [-0.15, -0.1) is 0 Å². The van der Waals surface area contributed by atoms with Crippen LogP contribution >= 0.6 is 0 Å². The van der Waals surface area contributed by atoms with Crippen molar-refractivity contribution in [3.05, 3.63) is 71.8 Å². The number of nitrogens with zero attached hydrogens (tertiary/aromatic N) is 2. The van der Waals surface area contributed by atoms with Gasteiger partial charge in [0.25, 0.3) is 0 Å². The quantitative estimate of drug-likeness (QED) is 0.0578. The van der Waals surface area contributed by atoms with E-state index in [0.29, 0.717) is 49.5 Å². The largest absolute Gasteiger partial charge is 0.390 e. The lowest BCUT2D eigenvalue weighted by Crippen LogP contribution is -2.60. The summed E-state index contributed by atoms with van der Waals surface area (Å²) in [5.74, 6) is 0.969. The zero-order chi connectivity index (χ0) is 55.6. The van der Waals surface area contributed by atoms with Crippen LogP contribution in [0.25, 0.3) is 0 Å². The molecule has 0 spiro atoms. The Kier molecular flexibility index (Phi) is 24.8. The molecule has 76 heavy (non-hydrogen) atoms. The number of piperidine rings is 2. The molecule has 2 aliphatic heterocycles. The van der Waals surface area contributed by atoms with E-state index in [1.165, 1.54) is 38.5 Å². The first kappa shape index (κ1) is 62.5. The summed E-state index contributed by atoms with van der Waals surface area (Å²) >= 11 is 0. The van der Waals surface area contributed by atoms with Crippen LogP contribution in [0.2, 0.25) is 0 Å². The van der Waals surface area contributed by atoms with E-state index < -0.39 is 36.1 Å². The Labute approximate surface area is 457 Å². The maximum atomic E-state index is 13.4. The Morgan fingerprint density at radius 2 is 0.947 bits per heavy atom. The van der Waals surface area contributed by atoms with E-state index in [2.05, 4.69) is 44.9 Å². The van der Waals surface area contributed by atoms with Crippen molar-refractivity contribution in [3.8, 4) is 0 Å². The minimum atomic E-state index is -0.893. The molecule has 426 valence electrons. The van der Waals surface area contributed by atoms with Crippen LogP contribution in [0.4, 0.5) is 0 Å². The molecule has 2 saturated carbocycles. The van der Waals surface area contributed by atoms with Crippen LogP contribution in [-0.4, -0.2) is 123 Å². The van der Waals surface area contributed by atoms with Crippen molar-refractivity contribution in [1.29, 1.82) is 0 Å². The van der Waals surface area contributed by atoms with Crippen molar-refractivity contribution >= 4 is 29.5 Å². The second-order valence-corrected chi connectivity index (χ2v) is 25.3. The van der Waals surface area contributed by atoms with Crippen LogP contribution in [0, 0.1) is 35.5 Å². The number of β-amino-alcohol motifs (C(OH)–C–C–N with tert-alkyl or cyclic N) is 2. The predicted octanol–water partition coefficient (Wildman–Crippen LogP) is 7.86. The maximum Gasteiger partial charge on any atom is 0.237 e. The predicted molar refractivity (Wildman–Crippen MR) is 304 cm³/mol. The Balaban J connectivity index is 0.000000281. The zero-order valence-electron chi connectivity index (χ0n) is 48.2. The summed E-state index contributed by atoms with van der Waals surface area (Å²) in [7, 11) is 0. The van der Waals surface area contributed by atoms with Gasteiger partial charge in [-0.25, -0.2) is 0 Å². The number of primary amides is 1. The van der Waals surface area contributed by atoms with Crippen molar-refractivity contribution in [2.45, 2.75) is 225 Å². The number of rotatable bonds is 23. The average Bonchev–Trinajstić information content (AvgIpc) is 3.36. The van der Waals surface area contributed by atoms with E-state index in [1.807, 2.05) is 109 Å². The van der Waals surface area contributed by atoms with E-state index in [0.717, 1.165) is 75.6 Å². The molecular formula is C62H101N7O7. The van der Waals surface area contributed by atoms with Crippen LogP contribution in [-0.2, 0) is 36.8 Å². The van der Waals surface area contributed by atoms with Gasteiger partial charge in [-0.1, -0.05) is 133 Å². The third-order valence-electron chi connectivity index (χ3n) is 16.6. The Morgan fingerprint density at radius 3 is 1.30 bits per heavy atom. The molecule has 14 heteroatoms. The molecule has 0 radical (unpaired) electrons. The molecule has 5 amide bonds. The molecule has 6 rings (SSSR count). The molecule has 8 N–H and O–H groups in total. The van der Waals surface area contributed by atoms with E-state index >= 15 is 0 Å². The first-order valence-corrected chi connectivity index (χ1v) is 29.5. The van der Waals surface area contributed by atoms with Gasteiger partial charge < -0.3 is 37.2 Å². The van der Waals surface area contributed by atoms with E-state index in [4.69, 9.17) is 5.73 Å². The smallest absolute Gasteiger partial charge is 0.237 e. The van der Waals surface area contributed by atoms with Gasteiger partial charge in [0.2, 0.25) is 29.5 Å². The van der Waals surface area contributed by atoms with Crippen LogP contribution in [0.3, 0.4) is 0 Å². The molecular weight excluding hydrogens is 955 g/mol. The van der Waals surface area contributed by atoms with Gasteiger partial charge in [0.05, 0.1) is 36.4 Å². The summed E-state index contributed by atoms with van der Waals surface area (Å²) in [6.07, 6.45) is 14.5. The molecule has 4 aliphatic rings. The van der Waals surface area contributed by atoms with Crippen molar-refractivity contribution in [2.24, 2.45) is 41.2 Å². The Hall–Kier alpha value is -4.37. The first-order valence-electron chi connectivity index (χ1n) is 29.5. The molecule has 12 atom stereocenters. The number of hydrogen-bond acceptors (Lipinski definition) is 9. The Bertz CT molecular complexity index is 2100. The number of nitrogens with one attached hydrogen (secondary N) is 4. The number of hydrogen-bond donors (Lipinski definition) is 7. The fourth-order valence-corrected chi connectivity index (χ4v) is 12.7. The van der Waals surface area contributed by atoms with Gasteiger partial charge in [0.1, 0.15) is 0 Å². The fraction of sp³-hybridized carbons (Fsp3) is 0.726. The summed E-state index contributed by atoms with van der Waals surface area (Å²) in [5, 5.41) is 35.8. The van der Waals surface area contributed by atoms with Gasteiger partial charge in [0.15, 0.2) is 0 Å². The molecule has 14 nitrogen and oxygen atoms in total. The molecule has 12 unspecified atom stereocenters. The minimum Gasteiger partial charge on any atom is -0.390 e. The van der Waals surface area contributed by atoms with E-state index in [1.54, 1.807) is 0 Å². The highest BCUT2D eigenvalue weighted by Crippen LogP contribution is 2.40. The number of benzene rings is 2. The zero-order valence-corrected chi connectivity index (χ0v) is 48.2. The number of aliphatic hydroxyl groups is 2. The number of carbonyl (C=O) groups is 5. The highest BCUT2D eigenvalue weighted by atomic mass is 16.3. The molecule has 4 fully saturated rings. The van der Waals surface area contributed by atoms with E-state index in [-0.39, 0.29) is 65.7 Å². The highest BCUT2D eigenvalue weighted by molar-refractivity contribution is 5.85. The summed E-state index contributed by atoms with van der Waals surface area (Å²) in [6, 6.07) is 18.3. The second-order valence-electron chi connectivity index (χ2n) is 25.3. The van der Waals surface area contributed by atoms with Crippen molar-refractivity contribution in [2.75, 3.05) is 26.2 Å². The lowest BCUT2D eigenvalue weighted by Gasteiger charge is -2.47. The van der Waals surface area contributed by atoms with Crippen LogP contribution in [0.5, 0.6) is 0 Å². The van der Waals surface area contributed by atoms with Gasteiger partial charge in [-0.2, -0.15) is 0 Å². The molecule has 0 bridgehead atoms. The number of aliphatic hydroxyl groups excluding tert-OH is 2. The molecule has 2 aromatic carbocycles. The molecule has 2 aliphatic carbocycles. The van der Waals surface area contributed by atoms with Crippen molar-refractivity contribution < 1.29 is 34.2 Å². The number of carbonyl (C=O) groups excluding carboxylic acids is 5. The van der Waals surface area contributed by atoms with Crippen LogP contribution < -0.4 is 27.0 Å². The van der Waals surface area contributed by atoms with E-state index in [9.17, 15) is 34.2 Å². The number of likely N-dealkylation sites (tertiary alicyclic amines) is 2. The first-order chi connectivity index (χ1) is 36.1. The summed E-state index contributed by atoms with van der Waals surface area (Å²) < 4.78 is 0. The van der Waals surface area contributed by atoms with Crippen LogP contribution in [0.15, 0.2) is 60.7 Å². The highest BCUT2D eigenvalue weighted by Gasteiger charge is 2.44. The molecule has 2 heterocycles. The molecule has 2 saturated heterocycles. The normalized spacial score (nSPS) is 24.6. The summed E-state index contributed by atoms with van der Waals surface area (Å²) in [4.78, 5) is 69.3. The number of nitrogens with two attached hydrogens (primary N) is 1. The second kappa shape index (κ2) is 30.1. The van der Waals surface area contributed by atoms with Gasteiger partial charge in [-0.05, 0) is 134 Å². The standard InChI is InChI=1S/C31H50N4O4.C31H51N3O3/c1-5-11-23(18-28(32)37)29(38)33-25(16-21-12-7-6-8-13-21)27(36)20-35-19-24-15-10-9-14-22(24)17-26(35)30(39)34-31(2,3)4;1-6-13-23(7-2)29(36)32-26(18-22-14-9-8-10-15-22)28(35)21-34-20-25-17-12-11-16-24(25)19-27(34)30(37)33-31(3,4)5/h6-8,12-13,22-27,36H,5,9-11,14-20H2,1-4H3,(H2,32,37)(H,33,38)(H,34,39);8-10,14-15,23-28,35H,6-7,11-13,16-21H2,1-5H3,(H,32,36)(H,33,37). The third kappa shape index (κ3) is 20.1. The number of amides is 5. The van der Waals surface area contributed by atoms with Crippen molar-refractivity contribution in [3.63, 3.8) is 0 Å². The molecule has 0 aromatic heterocycles. The van der Waals surface area contributed by atoms with Crippen molar-refractivity contribution in [1.82, 2.24) is 31.1 Å². The lowest BCUT2D eigenvalue weighted by atomic mass is 9.72. The monoisotopic (exact) mass is 1060 g/mol. The maximum absolute atomic E-state index is 13.4. The van der Waals surface area contributed by atoms with Gasteiger partial charge in [0, 0.05) is 55.5 Å².